The average Bonchev–Trinajstić information content (AvgIpc) is 3.13. The van der Waals surface area contributed by atoms with Crippen LogP contribution in [0.1, 0.15) is 55.6 Å². The second kappa shape index (κ2) is 6.43. The molecular formula is C16H23F2N3OS. The van der Waals surface area contributed by atoms with Gasteiger partial charge in [-0.2, -0.15) is 0 Å². The molecule has 1 N–H and O–H groups in total. The molecule has 2 unspecified atom stereocenters. The van der Waals surface area contributed by atoms with Crippen molar-refractivity contribution in [3.63, 3.8) is 0 Å². The van der Waals surface area contributed by atoms with Crippen molar-refractivity contribution < 1.29 is 13.6 Å². The molecule has 0 saturated carbocycles. The number of carbonyl (C=O) groups excluding carboxylic acids is 1. The van der Waals surface area contributed by atoms with E-state index in [0.717, 1.165) is 23.5 Å². The van der Waals surface area contributed by atoms with Crippen molar-refractivity contribution in [2.24, 2.45) is 0 Å². The zero-order valence-corrected chi connectivity index (χ0v) is 14.3. The first-order valence-electron chi connectivity index (χ1n) is 8.21. The predicted molar refractivity (Wildman–Crippen MR) is 86.1 cm³/mol. The number of nitrogens with one attached hydrogen (secondary N) is 1. The summed E-state index contributed by atoms with van der Waals surface area (Å²) < 4.78 is 26.6. The van der Waals surface area contributed by atoms with Gasteiger partial charge in [0.05, 0.1) is 23.3 Å². The van der Waals surface area contributed by atoms with Gasteiger partial charge in [-0.05, 0) is 18.8 Å². The van der Waals surface area contributed by atoms with Crippen LogP contribution >= 0.6 is 11.3 Å². The summed E-state index contributed by atoms with van der Waals surface area (Å²) in [4.78, 5) is 18.9. The fourth-order valence-electron chi connectivity index (χ4n) is 3.24. The second-order valence-corrected chi connectivity index (χ2v) is 7.77. The van der Waals surface area contributed by atoms with Crippen LogP contribution in [0, 0.1) is 0 Å². The molecule has 0 aromatic carbocycles. The second-order valence-electron chi connectivity index (χ2n) is 6.88. The summed E-state index contributed by atoms with van der Waals surface area (Å²) in [7, 11) is 0. The number of alkyl halides is 2. The Kier molecular flexibility index (Phi) is 4.69. The number of amides is 1. The maximum absolute atomic E-state index is 13.3. The Morgan fingerprint density at radius 2 is 2.30 bits per heavy atom. The Morgan fingerprint density at radius 1 is 1.52 bits per heavy atom. The van der Waals surface area contributed by atoms with Crippen LogP contribution in [-0.2, 0) is 4.79 Å². The highest BCUT2D eigenvalue weighted by molar-refractivity contribution is 7.09. The van der Waals surface area contributed by atoms with Crippen LogP contribution in [0.25, 0.3) is 0 Å². The Hall–Kier alpha value is -1.08. The summed E-state index contributed by atoms with van der Waals surface area (Å²) in [6, 6.07) is -0.744. The minimum absolute atomic E-state index is 0.187. The molecule has 1 amide bonds. The number of halogens is 2. The lowest BCUT2D eigenvalue weighted by atomic mass is 9.97. The van der Waals surface area contributed by atoms with Gasteiger partial charge in [-0.1, -0.05) is 13.8 Å². The summed E-state index contributed by atoms with van der Waals surface area (Å²) in [5, 5.41) is 5.81. The molecule has 0 bridgehead atoms. The van der Waals surface area contributed by atoms with E-state index in [1.54, 1.807) is 16.2 Å². The van der Waals surface area contributed by atoms with Crippen molar-refractivity contribution >= 4 is 17.2 Å². The number of likely N-dealkylation sites (tertiary alicyclic amines) is 1. The summed E-state index contributed by atoms with van der Waals surface area (Å²) in [6.45, 7) is 5.07. The zero-order valence-electron chi connectivity index (χ0n) is 13.5. The fraction of sp³-hybridized carbons (Fsp3) is 0.750. The first-order valence-corrected chi connectivity index (χ1v) is 9.09. The number of rotatable bonds is 3. The number of carbonyl (C=O) groups is 1. The zero-order chi connectivity index (χ0) is 16.6. The van der Waals surface area contributed by atoms with Gasteiger partial charge < -0.3 is 4.90 Å². The number of piperidine rings is 1. The Labute approximate surface area is 139 Å². The van der Waals surface area contributed by atoms with Gasteiger partial charge in [0.1, 0.15) is 0 Å². The standard InChI is InChI=1S/C16H23F2N3OS/c1-10(2)13-8-23-14(20-13)11-4-3-5-21(7-11)15(22)12-6-16(17,18)9-19-12/h8,10-12,19H,3-7,9H2,1-2H3. The first-order chi connectivity index (χ1) is 10.9. The monoisotopic (exact) mass is 343 g/mol. The molecule has 7 heteroatoms. The summed E-state index contributed by atoms with van der Waals surface area (Å²) in [5.41, 5.74) is 1.09. The van der Waals surface area contributed by atoms with E-state index in [4.69, 9.17) is 4.98 Å². The SMILES string of the molecule is CC(C)c1csc(C2CCCN(C(=O)C3CC(F)(F)CN3)C2)n1. The van der Waals surface area contributed by atoms with Gasteiger partial charge in [0.2, 0.25) is 5.91 Å². The van der Waals surface area contributed by atoms with Crippen molar-refractivity contribution in [1.29, 1.82) is 0 Å². The topological polar surface area (TPSA) is 45.2 Å². The van der Waals surface area contributed by atoms with Crippen molar-refractivity contribution in [1.82, 2.24) is 15.2 Å². The third-order valence-electron chi connectivity index (χ3n) is 4.62. The number of nitrogens with zero attached hydrogens (tertiary/aromatic N) is 2. The van der Waals surface area contributed by atoms with E-state index in [2.05, 4.69) is 24.5 Å². The molecule has 0 spiro atoms. The fourth-order valence-corrected chi connectivity index (χ4v) is 4.35. The normalized spacial score (nSPS) is 27.6. The minimum atomic E-state index is -2.77. The molecule has 2 saturated heterocycles. The summed E-state index contributed by atoms with van der Waals surface area (Å²) in [6.07, 6.45) is 1.51. The molecule has 0 radical (unpaired) electrons. The lowest BCUT2D eigenvalue weighted by molar-refractivity contribution is -0.134. The number of aromatic nitrogens is 1. The molecule has 2 aliphatic rings. The molecule has 4 nitrogen and oxygen atoms in total. The van der Waals surface area contributed by atoms with Crippen molar-refractivity contribution in [3.8, 4) is 0 Å². The molecule has 2 atom stereocenters. The lowest BCUT2D eigenvalue weighted by Crippen LogP contribution is -2.47. The first kappa shape index (κ1) is 16.8. The quantitative estimate of drug-likeness (QED) is 0.918. The van der Waals surface area contributed by atoms with E-state index in [-0.39, 0.29) is 18.2 Å². The van der Waals surface area contributed by atoms with Gasteiger partial charge in [0.25, 0.3) is 5.92 Å². The van der Waals surface area contributed by atoms with Gasteiger partial charge in [0.15, 0.2) is 0 Å². The highest BCUT2D eigenvalue weighted by atomic mass is 32.1. The van der Waals surface area contributed by atoms with Crippen LogP contribution in [-0.4, -0.2) is 47.4 Å². The van der Waals surface area contributed by atoms with Crippen LogP contribution in [0.3, 0.4) is 0 Å². The smallest absolute Gasteiger partial charge is 0.262 e. The number of hydrogen-bond donors (Lipinski definition) is 1. The third kappa shape index (κ3) is 3.71. The largest absolute Gasteiger partial charge is 0.341 e. The molecule has 3 rings (SSSR count). The highest BCUT2D eigenvalue weighted by Crippen LogP contribution is 2.32. The molecule has 2 fully saturated rings. The summed E-state index contributed by atoms with van der Waals surface area (Å²) >= 11 is 1.65. The maximum Gasteiger partial charge on any atom is 0.262 e. The highest BCUT2D eigenvalue weighted by Gasteiger charge is 2.44. The Balaban J connectivity index is 1.64. The van der Waals surface area contributed by atoms with E-state index in [1.165, 1.54) is 0 Å². The predicted octanol–water partition coefficient (Wildman–Crippen LogP) is 2.97. The van der Waals surface area contributed by atoms with Crippen molar-refractivity contribution in [2.45, 2.75) is 56.9 Å². The average molecular weight is 343 g/mol. The van der Waals surface area contributed by atoms with Crippen LogP contribution in [0.2, 0.25) is 0 Å². The number of thiazole rings is 1. The summed E-state index contributed by atoms with van der Waals surface area (Å²) in [5.74, 6) is -2.33. The van der Waals surface area contributed by atoms with Gasteiger partial charge >= 0.3 is 0 Å². The third-order valence-corrected chi connectivity index (χ3v) is 5.65. The lowest BCUT2D eigenvalue weighted by Gasteiger charge is -2.33. The molecule has 2 aliphatic heterocycles. The van der Waals surface area contributed by atoms with Crippen LogP contribution < -0.4 is 5.32 Å². The molecule has 1 aromatic heterocycles. The van der Waals surface area contributed by atoms with Crippen LogP contribution in [0.4, 0.5) is 8.78 Å². The molecule has 3 heterocycles. The minimum Gasteiger partial charge on any atom is -0.341 e. The van der Waals surface area contributed by atoms with Gasteiger partial charge in [-0.25, -0.2) is 13.8 Å². The molecular weight excluding hydrogens is 320 g/mol. The molecule has 23 heavy (non-hydrogen) atoms. The molecule has 1 aromatic rings. The maximum atomic E-state index is 13.3. The van der Waals surface area contributed by atoms with E-state index in [1.807, 2.05) is 0 Å². The van der Waals surface area contributed by atoms with Gasteiger partial charge in [-0.3, -0.25) is 10.1 Å². The van der Waals surface area contributed by atoms with Gasteiger partial charge in [-0.15, -0.1) is 11.3 Å². The molecule has 0 aliphatic carbocycles. The van der Waals surface area contributed by atoms with E-state index < -0.39 is 18.5 Å². The van der Waals surface area contributed by atoms with Gasteiger partial charge in [0, 0.05) is 30.8 Å². The number of hydrogen-bond acceptors (Lipinski definition) is 4. The van der Waals surface area contributed by atoms with E-state index >= 15 is 0 Å². The van der Waals surface area contributed by atoms with E-state index in [0.29, 0.717) is 19.0 Å². The van der Waals surface area contributed by atoms with Crippen LogP contribution in [0.5, 0.6) is 0 Å². The Morgan fingerprint density at radius 3 is 2.91 bits per heavy atom. The van der Waals surface area contributed by atoms with Crippen molar-refractivity contribution in [2.75, 3.05) is 19.6 Å². The molecule has 128 valence electrons. The van der Waals surface area contributed by atoms with E-state index in [9.17, 15) is 13.6 Å². The van der Waals surface area contributed by atoms with Crippen molar-refractivity contribution in [3.05, 3.63) is 16.1 Å². The Bertz CT molecular complexity index is 575. The van der Waals surface area contributed by atoms with Crippen LogP contribution in [0.15, 0.2) is 5.38 Å².